The summed E-state index contributed by atoms with van der Waals surface area (Å²) in [4.78, 5) is 19.3. The molecule has 0 atom stereocenters. The van der Waals surface area contributed by atoms with Crippen molar-refractivity contribution < 1.29 is 17.9 Å². The van der Waals surface area contributed by atoms with Crippen molar-refractivity contribution in [3.63, 3.8) is 0 Å². The number of benzene rings is 1. The maximum absolute atomic E-state index is 12.8. The van der Waals surface area contributed by atoms with Crippen LogP contribution in [-0.2, 0) is 27.8 Å². The van der Waals surface area contributed by atoms with Crippen molar-refractivity contribution in [1.82, 2.24) is 19.9 Å². The van der Waals surface area contributed by atoms with Crippen LogP contribution in [0, 0.1) is 0 Å². The minimum atomic E-state index is -3.45. The minimum Gasteiger partial charge on any atom is -0.378 e. The first-order valence-electron chi connectivity index (χ1n) is 11.4. The number of urea groups is 1. The first-order chi connectivity index (χ1) is 16.0. The molecule has 0 unspecified atom stereocenters. The lowest BCUT2D eigenvalue weighted by Gasteiger charge is -2.29. The molecule has 2 N–H and O–H groups in total. The van der Waals surface area contributed by atoms with Gasteiger partial charge in [0, 0.05) is 51.0 Å². The highest BCUT2D eigenvalue weighted by atomic mass is 32.2. The van der Waals surface area contributed by atoms with E-state index in [1.165, 1.54) is 0 Å². The summed E-state index contributed by atoms with van der Waals surface area (Å²) in [6.45, 7) is 4.72. The van der Waals surface area contributed by atoms with Crippen molar-refractivity contribution in [2.45, 2.75) is 37.2 Å². The standard InChI is InChI=1S/C23H31N5O4S/c29-23(26-18-20-5-4-10-24-22(20)27-13-15-32-16-14-27)25-17-19-6-8-21(9-7-19)33(30,31)28-11-2-1-3-12-28/h4-10H,1-3,11-18H2,(H2,25,26,29). The number of anilines is 1. The normalized spacial score (nSPS) is 17.5. The maximum Gasteiger partial charge on any atom is 0.315 e. The summed E-state index contributed by atoms with van der Waals surface area (Å²) in [6, 6.07) is 10.2. The molecule has 4 rings (SSSR count). The lowest BCUT2D eigenvalue weighted by molar-refractivity contribution is 0.122. The number of carbonyl (C=O) groups excluding carboxylic acids is 1. The van der Waals surface area contributed by atoms with Gasteiger partial charge in [0.2, 0.25) is 10.0 Å². The second kappa shape index (κ2) is 11.0. The van der Waals surface area contributed by atoms with Crippen molar-refractivity contribution in [1.29, 1.82) is 0 Å². The number of hydrogen-bond acceptors (Lipinski definition) is 6. The van der Waals surface area contributed by atoms with Crippen LogP contribution in [0.1, 0.15) is 30.4 Å². The van der Waals surface area contributed by atoms with Gasteiger partial charge in [-0.2, -0.15) is 4.31 Å². The fourth-order valence-electron chi connectivity index (χ4n) is 4.08. The monoisotopic (exact) mass is 473 g/mol. The molecule has 0 radical (unpaired) electrons. The topological polar surface area (TPSA) is 104 Å². The van der Waals surface area contributed by atoms with Crippen molar-refractivity contribution in [2.24, 2.45) is 0 Å². The van der Waals surface area contributed by atoms with E-state index in [0.29, 0.717) is 44.3 Å². The summed E-state index contributed by atoms with van der Waals surface area (Å²) in [5.74, 6) is 0.867. The van der Waals surface area contributed by atoms with Gasteiger partial charge in [-0.3, -0.25) is 0 Å². The Morgan fingerprint density at radius 3 is 2.36 bits per heavy atom. The molecule has 0 aliphatic carbocycles. The van der Waals surface area contributed by atoms with Gasteiger partial charge < -0.3 is 20.3 Å². The number of pyridine rings is 1. The summed E-state index contributed by atoms with van der Waals surface area (Å²) in [5, 5.41) is 5.70. The maximum atomic E-state index is 12.8. The van der Waals surface area contributed by atoms with E-state index < -0.39 is 10.0 Å². The van der Waals surface area contributed by atoms with Crippen molar-refractivity contribution in [2.75, 3.05) is 44.3 Å². The predicted molar refractivity (Wildman–Crippen MR) is 125 cm³/mol. The first-order valence-corrected chi connectivity index (χ1v) is 12.9. The summed E-state index contributed by atoms with van der Waals surface area (Å²) < 4.78 is 32.5. The smallest absolute Gasteiger partial charge is 0.315 e. The van der Waals surface area contributed by atoms with Crippen LogP contribution in [-0.4, -0.2) is 63.1 Å². The molecular weight excluding hydrogens is 442 g/mol. The van der Waals surface area contributed by atoms with Crippen LogP contribution in [0.4, 0.5) is 10.6 Å². The van der Waals surface area contributed by atoms with Gasteiger partial charge in [0.05, 0.1) is 18.1 Å². The Labute approximate surface area is 195 Å². The second-order valence-corrected chi connectivity index (χ2v) is 10.2. The van der Waals surface area contributed by atoms with Crippen molar-refractivity contribution in [3.05, 3.63) is 53.7 Å². The zero-order valence-electron chi connectivity index (χ0n) is 18.7. The second-order valence-electron chi connectivity index (χ2n) is 8.23. The van der Waals surface area contributed by atoms with E-state index in [2.05, 4.69) is 20.5 Å². The Morgan fingerprint density at radius 1 is 0.939 bits per heavy atom. The lowest BCUT2D eigenvalue weighted by atomic mass is 10.2. The number of hydrogen-bond donors (Lipinski definition) is 2. The summed E-state index contributed by atoms with van der Waals surface area (Å²) in [6.07, 6.45) is 4.64. The van der Waals surface area contributed by atoms with E-state index in [-0.39, 0.29) is 6.03 Å². The Morgan fingerprint density at radius 2 is 1.64 bits per heavy atom. The lowest BCUT2D eigenvalue weighted by Crippen LogP contribution is -2.38. The van der Waals surface area contributed by atoms with E-state index in [9.17, 15) is 13.2 Å². The summed E-state index contributed by atoms with van der Waals surface area (Å²) in [5.41, 5.74) is 1.78. The SMILES string of the molecule is O=C(NCc1ccc(S(=O)(=O)N2CCCCC2)cc1)NCc1cccnc1N1CCOCC1. The number of nitrogens with one attached hydrogen (secondary N) is 2. The molecule has 2 aliphatic rings. The van der Waals surface area contributed by atoms with Crippen LogP contribution in [0.15, 0.2) is 47.5 Å². The van der Waals surface area contributed by atoms with Crippen LogP contribution >= 0.6 is 0 Å². The van der Waals surface area contributed by atoms with E-state index in [4.69, 9.17) is 4.74 Å². The minimum absolute atomic E-state index is 0.295. The number of amides is 2. The van der Waals surface area contributed by atoms with Gasteiger partial charge in [0.1, 0.15) is 5.82 Å². The molecule has 1 aromatic carbocycles. The van der Waals surface area contributed by atoms with Gasteiger partial charge in [0.25, 0.3) is 0 Å². The molecule has 0 bridgehead atoms. The number of nitrogens with zero attached hydrogens (tertiary/aromatic N) is 3. The highest BCUT2D eigenvalue weighted by Crippen LogP contribution is 2.21. The number of morpholine rings is 1. The van der Waals surface area contributed by atoms with Gasteiger partial charge in [-0.15, -0.1) is 0 Å². The number of ether oxygens (including phenoxy) is 1. The third kappa shape index (κ3) is 6.01. The summed E-state index contributed by atoms with van der Waals surface area (Å²) in [7, 11) is -3.45. The Hall–Kier alpha value is -2.69. The van der Waals surface area contributed by atoms with E-state index in [1.54, 1.807) is 34.8 Å². The molecule has 2 aliphatic heterocycles. The largest absolute Gasteiger partial charge is 0.378 e. The molecule has 2 amide bonds. The average Bonchev–Trinajstić information content (AvgIpc) is 2.87. The number of aromatic nitrogens is 1. The van der Waals surface area contributed by atoms with Gasteiger partial charge >= 0.3 is 6.03 Å². The average molecular weight is 474 g/mol. The van der Waals surface area contributed by atoms with Crippen molar-refractivity contribution >= 4 is 21.9 Å². The fourth-order valence-corrected chi connectivity index (χ4v) is 5.60. The Kier molecular flexibility index (Phi) is 7.79. The van der Waals surface area contributed by atoms with Gasteiger partial charge in [-0.05, 0) is 36.6 Å². The molecular formula is C23H31N5O4S. The molecule has 0 saturated carbocycles. The van der Waals surface area contributed by atoms with Crippen LogP contribution in [0.3, 0.4) is 0 Å². The van der Waals surface area contributed by atoms with Gasteiger partial charge in [-0.1, -0.05) is 24.6 Å². The Bertz CT molecular complexity index is 1030. The van der Waals surface area contributed by atoms with E-state index in [1.807, 2.05) is 12.1 Å². The summed E-state index contributed by atoms with van der Waals surface area (Å²) >= 11 is 0. The highest BCUT2D eigenvalue weighted by Gasteiger charge is 2.25. The Balaban J connectivity index is 1.28. The quantitative estimate of drug-likeness (QED) is 0.638. The zero-order valence-corrected chi connectivity index (χ0v) is 19.5. The van der Waals surface area contributed by atoms with E-state index in [0.717, 1.165) is 49.3 Å². The molecule has 9 nitrogen and oxygen atoms in total. The van der Waals surface area contributed by atoms with Crippen LogP contribution in [0.2, 0.25) is 0 Å². The number of sulfonamides is 1. The molecule has 0 spiro atoms. The first kappa shape index (κ1) is 23.5. The predicted octanol–water partition coefficient (Wildman–Crippen LogP) is 2.09. The van der Waals surface area contributed by atoms with Crippen LogP contribution in [0.5, 0.6) is 0 Å². The van der Waals surface area contributed by atoms with Crippen LogP contribution in [0.25, 0.3) is 0 Å². The highest BCUT2D eigenvalue weighted by molar-refractivity contribution is 7.89. The molecule has 33 heavy (non-hydrogen) atoms. The number of rotatable bonds is 7. The van der Waals surface area contributed by atoms with Gasteiger partial charge in [-0.25, -0.2) is 18.2 Å². The molecule has 10 heteroatoms. The molecule has 2 saturated heterocycles. The zero-order chi connectivity index (χ0) is 23.1. The molecule has 2 fully saturated rings. The molecule has 3 heterocycles. The fraction of sp³-hybridized carbons (Fsp3) is 0.478. The molecule has 2 aromatic rings. The number of carbonyl (C=O) groups is 1. The van der Waals surface area contributed by atoms with Crippen LogP contribution < -0.4 is 15.5 Å². The number of piperidine rings is 1. The van der Waals surface area contributed by atoms with Crippen molar-refractivity contribution in [3.8, 4) is 0 Å². The van der Waals surface area contributed by atoms with E-state index >= 15 is 0 Å². The third-order valence-electron chi connectivity index (χ3n) is 5.95. The third-order valence-corrected chi connectivity index (χ3v) is 7.86. The molecule has 178 valence electrons. The van der Waals surface area contributed by atoms with Gasteiger partial charge in [0.15, 0.2) is 0 Å². The molecule has 1 aromatic heterocycles.